The molecule has 0 bridgehead atoms. The molecule has 5 N–H and O–H groups in total. The van der Waals surface area contributed by atoms with Crippen molar-refractivity contribution in [3.8, 4) is 0 Å². The summed E-state index contributed by atoms with van der Waals surface area (Å²) < 4.78 is 0. The lowest BCUT2D eigenvalue weighted by atomic mass is 10.0. The standard InChI is InChI=1S/C7H11N3O3/c8-2-1-4(7(12)13)5-3-6(11)10-9-5/h3-4H,1-2,8H2,(H,12,13)(H2,9,10,11). The first kappa shape index (κ1) is 9.53. The number of nitrogens with two attached hydrogens (primary N) is 1. The highest BCUT2D eigenvalue weighted by molar-refractivity contribution is 5.75. The van der Waals surface area contributed by atoms with E-state index in [0.717, 1.165) is 0 Å². The van der Waals surface area contributed by atoms with Crippen molar-refractivity contribution < 1.29 is 9.90 Å². The highest BCUT2D eigenvalue weighted by atomic mass is 16.4. The molecule has 1 atom stereocenters. The maximum absolute atomic E-state index is 10.7. The third-order valence-corrected chi connectivity index (χ3v) is 1.75. The van der Waals surface area contributed by atoms with Gasteiger partial charge in [-0.15, -0.1) is 0 Å². The number of carboxylic acids is 1. The molecule has 0 saturated carbocycles. The molecule has 0 fully saturated rings. The molecule has 6 heteroatoms. The summed E-state index contributed by atoms with van der Waals surface area (Å²) in [5.74, 6) is -1.72. The molecule has 0 aromatic carbocycles. The van der Waals surface area contributed by atoms with Crippen LogP contribution in [0.4, 0.5) is 0 Å². The summed E-state index contributed by atoms with van der Waals surface area (Å²) in [4.78, 5) is 21.4. The zero-order chi connectivity index (χ0) is 9.84. The second kappa shape index (κ2) is 3.90. The summed E-state index contributed by atoms with van der Waals surface area (Å²) in [5.41, 5.74) is 5.27. The van der Waals surface area contributed by atoms with Crippen molar-refractivity contribution in [1.82, 2.24) is 10.2 Å². The molecule has 1 unspecified atom stereocenters. The Morgan fingerprint density at radius 3 is 2.69 bits per heavy atom. The van der Waals surface area contributed by atoms with Gasteiger partial charge >= 0.3 is 5.97 Å². The molecule has 0 saturated heterocycles. The Morgan fingerprint density at radius 2 is 2.31 bits per heavy atom. The third-order valence-electron chi connectivity index (χ3n) is 1.75. The minimum atomic E-state index is -0.985. The SMILES string of the molecule is NCCC(C(=O)O)c1cc(=O)[nH][nH]1. The second-order valence-corrected chi connectivity index (χ2v) is 2.68. The van der Waals surface area contributed by atoms with E-state index in [0.29, 0.717) is 12.1 Å². The Kier molecular flexibility index (Phi) is 2.86. The Bertz CT molecular complexity index is 341. The van der Waals surface area contributed by atoms with Gasteiger partial charge in [-0.25, -0.2) is 0 Å². The fraction of sp³-hybridized carbons (Fsp3) is 0.429. The fourth-order valence-electron chi connectivity index (χ4n) is 1.11. The number of H-pyrrole nitrogens is 2. The van der Waals surface area contributed by atoms with Gasteiger partial charge < -0.3 is 15.9 Å². The molecule has 1 rings (SSSR count). The number of aromatic nitrogens is 2. The number of carboxylic acid groups (broad SMARTS) is 1. The van der Waals surface area contributed by atoms with E-state index in [-0.39, 0.29) is 12.1 Å². The topological polar surface area (TPSA) is 112 Å². The summed E-state index contributed by atoms with van der Waals surface area (Å²) in [6.07, 6.45) is 0.309. The van der Waals surface area contributed by atoms with Crippen LogP contribution in [0.1, 0.15) is 18.0 Å². The van der Waals surface area contributed by atoms with Crippen molar-refractivity contribution in [3.63, 3.8) is 0 Å². The van der Waals surface area contributed by atoms with Crippen molar-refractivity contribution in [2.45, 2.75) is 12.3 Å². The summed E-state index contributed by atoms with van der Waals surface area (Å²) in [7, 11) is 0. The van der Waals surface area contributed by atoms with Gasteiger partial charge in [0.25, 0.3) is 5.56 Å². The van der Waals surface area contributed by atoms with Crippen LogP contribution in [0, 0.1) is 0 Å². The molecule has 0 aliphatic carbocycles. The maximum Gasteiger partial charge on any atom is 0.312 e. The molecule has 0 spiro atoms. The van der Waals surface area contributed by atoms with Gasteiger partial charge in [0.1, 0.15) is 0 Å². The Labute approximate surface area is 73.7 Å². The number of nitrogens with one attached hydrogen (secondary N) is 2. The molecule has 1 heterocycles. The third kappa shape index (κ3) is 2.19. The van der Waals surface area contributed by atoms with E-state index in [1.54, 1.807) is 0 Å². The molecule has 6 nitrogen and oxygen atoms in total. The van der Waals surface area contributed by atoms with Gasteiger partial charge in [0.15, 0.2) is 0 Å². The molecule has 1 aromatic rings. The number of hydrogen-bond acceptors (Lipinski definition) is 3. The van der Waals surface area contributed by atoms with Gasteiger partial charge in [0.2, 0.25) is 0 Å². The first-order valence-corrected chi connectivity index (χ1v) is 3.85. The summed E-state index contributed by atoms with van der Waals surface area (Å²) in [5, 5.41) is 13.6. The van der Waals surface area contributed by atoms with Crippen LogP contribution >= 0.6 is 0 Å². The number of rotatable bonds is 4. The number of aromatic amines is 2. The van der Waals surface area contributed by atoms with Crippen LogP contribution in [0.5, 0.6) is 0 Å². The van der Waals surface area contributed by atoms with Crippen LogP contribution in [0.25, 0.3) is 0 Å². The van der Waals surface area contributed by atoms with Crippen LogP contribution in [0.15, 0.2) is 10.9 Å². The van der Waals surface area contributed by atoms with Gasteiger partial charge in [-0.3, -0.25) is 14.7 Å². The zero-order valence-electron chi connectivity index (χ0n) is 6.91. The van der Waals surface area contributed by atoms with E-state index in [4.69, 9.17) is 10.8 Å². The quantitative estimate of drug-likeness (QED) is 0.493. The number of carbonyl (C=O) groups is 1. The Morgan fingerprint density at radius 1 is 1.62 bits per heavy atom. The fourth-order valence-corrected chi connectivity index (χ4v) is 1.11. The van der Waals surface area contributed by atoms with Crippen LogP contribution < -0.4 is 11.3 Å². The molecule has 0 amide bonds. The summed E-state index contributed by atoms with van der Waals surface area (Å²) >= 11 is 0. The zero-order valence-corrected chi connectivity index (χ0v) is 6.91. The first-order valence-electron chi connectivity index (χ1n) is 3.85. The lowest BCUT2D eigenvalue weighted by Gasteiger charge is -2.07. The highest BCUT2D eigenvalue weighted by Gasteiger charge is 2.20. The maximum atomic E-state index is 10.7. The van der Waals surface area contributed by atoms with Crippen molar-refractivity contribution in [2.24, 2.45) is 5.73 Å². The normalized spacial score (nSPS) is 12.7. The second-order valence-electron chi connectivity index (χ2n) is 2.68. The van der Waals surface area contributed by atoms with Crippen LogP contribution in [0.2, 0.25) is 0 Å². The van der Waals surface area contributed by atoms with Crippen LogP contribution in [-0.4, -0.2) is 27.8 Å². The van der Waals surface area contributed by atoms with E-state index in [9.17, 15) is 9.59 Å². The van der Waals surface area contributed by atoms with Crippen molar-refractivity contribution in [2.75, 3.05) is 6.54 Å². The van der Waals surface area contributed by atoms with E-state index in [2.05, 4.69) is 10.2 Å². The van der Waals surface area contributed by atoms with Crippen LogP contribution in [-0.2, 0) is 4.79 Å². The molecule has 0 aliphatic heterocycles. The predicted molar refractivity (Wildman–Crippen MR) is 45.5 cm³/mol. The summed E-state index contributed by atoms with van der Waals surface area (Å²) in [6, 6.07) is 1.23. The first-order chi connectivity index (χ1) is 6.15. The minimum absolute atomic E-state index is 0.268. The van der Waals surface area contributed by atoms with Crippen molar-refractivity contribution in [1.29, 1.82) is 0 Å². The van der Waals surface area contributed by atoms with Crippen molar-refractivity contribution >= 4 is 5.97 Å². The van der Waals surface area contributed by atoms with E-state index < -0.39 is 11.9 Å². The molecule has 0 aliphatic rings. The average molecular weight is 185 g/mol. The van der Waals surface area contributed by atoms with Gasteiger partial charge in [-0.2, -0.15) is 0 Å². The predicted octanol–water partition coefficient (Wildman–Crippen LogP) is -0.780. The van der Waals surface area contributed by atoms with E-state index in [1.807, 2.05) is 0 Å². The number of aliphatic carboxylic acids is 1. The molecular weight excluding hydrogens is 174 g/mol. The van der Waals surface area contributed by atoms with E-state index in [1.165, 1.54) is 6.07 Å². The molecular formula is C7H11N3O3. The average Bonchev–Trinajstić information content (AvgIpc) is 2.46. The Hall–Kier alpha value is -1.56. The molecule has 72 valence electrons. The van der Waals surface area contributed by atoms with Gasteiger partial charge in [0, 0.05) is 6.07 Å². The van der Waals surface area contributed by atoms with Gasteiger partial charge in [-0.05, 0) is 13.0 Å². The molecule has 0 radical (unpaired) electrons. The van der Waals surface area contributed by atoms with E-state index >= 15 is 0 Å². The molecule has 1 aromatic heterocycles. The smallest absolute Gasteiger partial charge is 0.312 e. The largest absolute Gasteiger partial charge is 0.481 e. The number of hydrogen-bond donors (Lipinski definition) is 4. The van der Waals surface area contributed by atoms with Gasteiger partial charge in [0.05, 0.1) is 11.6 Å². The monoisotopic (exact) mass is 185 g/mol. The lowest BCUT2D eigenvalue weighted by molar-refractivity contribution is -0.139. The lowest BCUT2D eigenvalue weighted by Crippen LogP contribution is -2.16. The minimum Gasteiger partial charge on any atom is -0.481 e. The molecule has 13 heavy (non-hydrogen) atoms. The highest BCUT2D eigenvalue weighted by Crippen LogP contribution is 2.14. The summed E-state index contributed by atoms with van der Waals surface area (Å²) in [6.45, 7) is 0.268. The van der Waals surface area contributed by atoms with Crippen LogP contribution in [0.3, 0.4) is 0 Å². The van der Waals surface area contributed by atoms with Crippen molar-refractivity contribution in [3.05, 3.63) is 22.1 Å². The Balaban J connectivity index is 2.88. The van der Waals surface area contributed by atoms with Gasteiger partial charge in [-0.1, -0.05) is 0 Å².